The van der Waals surface area contributed by atoms with Crippen molar-refractivity contribution >= 4 is 32.0 Å². The second kappa shape index (κ2) is 7.77. The van der Waals surface area contributed by atoms with E-state index < -0.39 is 45.4 Å². The Morgan fingerprint density at radius 3 is 2.48 bits per heavy atom. The molecule has 0 aromatic heterocycles. The minimum Gasteiger partial charge on any atom is -0.444 e. The molecule has 1 amide bonds. The zero-order valence-electron chi connectivity index (χ0n) is 16.7. The molecule has 2 heterocycles. The average molecular weight is 495 g/mol. The van der Waals surface area contributed by atoms with Crippen molar-refractivity contribution in [1.29, 1.82) is 0 Å². The molecule has 1 aliphatic carbocycles. The smallest absolute Gasteiger partial charge is 0.410 e. The lowest BCUT2D eigenvalue weighted by Gasteiger charge is -2.57. The van der Waals surface area contributed by atoms with Crippen LogP contribution in [0.3, 0.4) is 0 Å². The highest BCUT2D eigenvalue weighted by molar-refractivity contribution is 9.10. The number of carbonyl (C=O) groups excluding carboxylic acids is 1. The standard InChI is InChI=1S/C19H25BrF2N2O4S/c1-19(2,3)28-18(25)24-13-6-11(7-13)17(23-29(4,26)27)15(24)8-10-5-12(21)9-14(20)16(10)22/h5,9,11,13,15,17,23H,6-8H2,1-4H3/t11?,13?,15-,17-/m0/s1. The second-order valence-electron chi connectivity index (χ2n) is 8.82. The number of amides is 1. The number of rotatable bonds is 4. The Hall–Kier alpha value is -1.26. The van der Waals surface area contributed by atoms with Crippen LogP contribution in [0.4, 0.5) is 13.6 Å². The molecule has 2 atom stereocenters. The zero-order chi connectivity index (χ0) is 21.7. The molecule has 2 aliphatic heterocycles. The van der Waals surface area contributed by atoms with Crippen LogP contribution in [0.1, 0.15) is 39.2 Å². The van der Waals surface area contributed by atoms with Crippen molar-refractivity contribution in [2.75, 3.05) is 6.26 Å². The van der Waals surface area contributed by atoms with Crippen LogP contribution in [0, 0.1) is 17.6 Å². The summed E-state index contributed by atoms with van der Waals surface area (Å²) < 4.78 is 60.5. The third kappa shape index (κ3) is 5.08. The largest absolute Gasteiger partial charge is 0.444 e. The number of ether oxygens (including phenoxy) is 1. The number of carbonyl (C=O) groups is 1. The van der Waals surface area contributed by atoms with E-state index in [1.807, 2.05) is 0 Å². The minimum absolute atomic E-state index is 0.0232. The van der Waals surface area contributed by atoms with Gasteiger partial charge in [0.2, 0.25) is 10.0 Å². The Balaban J connectivity index is 1.99. The molecule has 29 heavy (non-hydrogen) atoms. The Morgan fingerprint density at radius 2 is 1.93 bits per heavy atom. The van der Waals surface area contributed by atoms with E-state index in [1.54, 1.807) is 20.8 Å². The van der Waals surface area contributed by atoms with Crippen molar-refractivity contribution in [3.05, 3.63) is 33.8 Å². The third-order valence-electron chi connectivity index (χ3n) is 5.27. The highest BCUT2D eigenvalue weighted by Gasteiger charge is 2.54. The number of benzene rings is 1. The fourth-order valence-corrected chi connectivity index (χ4v) is 5.45. The number of sulfonamides is 1. The molecule has 3 fully saturated rings. The summed E-state index contributed by atoms with van der Waals surface area (Å²) in [7, 11) is -3.57. The summed E-state index contributed by atoms with van der Waals surface area (Å²) >= 11 is 3.00. The number of hydrogen-bond donors (Lipinski definition) is 1. The van der Waals surface area contributed by atoms with E-state index in [1.165, 1.54) is 4.90 Å². The first-order chi connectivity index (χ1) is 13.2. The van der Waals surface area contributed by atoms with Gasteiger partial charge in [-0.2, -0.15) is 0 Å². The lowest BCUT2D eigenvalue weighted by Crippen LogP contribution is -2.70. The third-order valence-corrected chi connectivity index (χ3v) is 6.55. The Kier molecular flexibility index (Phi) is 6.01. The molecule has 2 saturated heterocycles. The van der Waals surface area contributed by atoms with Crippen LogP contribution < -0.4 is 4.72 Å². The van der Waals surface area contributed by atoms with E-state index in [9.17, 15) is 22.0 Å². The van der Waals surface area contributed by atoms with Crippen LogP contribution >= 0.6 is 15.9 Å². The first kappa shape index (κ1) is 22.4. The van der Waals surface area contributed by atoms with Crippen molar-refractivity contribution in [2.45, 2.75) is 63.8 Å². The van der Waals surface area contributed by atoms with E-state index in [0.29, 0.717) is 12.8 Å². The van der Waals surface area contributed by atoms with Crippen molar-refractivity contribution in [1.82, 2.24) is 9.62 Å². The van der Waals surface area contributed by atoms with Gasteiger partial charge in [0, 0.05) is 12.1 Å². The Morgan fingerprint density at radius 1 is 1.31 bits per heavy atom. The summed E-state index contributed by atoms with van der Waals surface area (Å²) in [5.74, 6) is -1.22. The average Bonchev–Trinajstić information content (AvgIpc) is 2.48. The number of halogens is 3. The van der Waals surface area contributed by atoms with Gasteiger partial charge in [0.1, 0.15) is 17.2 Å². The molecule has 0 spiro atoms. The van der Waals surface area contributed by atoms with Crippen molar-refractivity contribution in [2.24, 2.45) is 5.92 Å². The molecule has 1 N–H and O–H groups in total. The molecule has 3 aliphatic rings. The summed E-state index contributed by atoms with van der Waals surface area (Å²) in [6.07, 6.45) is 1.70. The van der Waals surface area contributed by atoms with Gasteiger partial charge in [0.05, 0.1) is 16.8 Å². The maximum Gasteiger partial charge on any atom is 0.410 e. The topological polar surface area (TPSA) is 75.7 Å². The van der Waals surface area contributed by atoms with Gasteiger partial charge in [0.15, 0.2) is 0 Å². The molecular weight excluding hydrogens is 470 g/mol. The molecule has 1 aromatic rings. The van der Waals surface area contributed by atoms with E-state index in [0.717, 1.165) is 18.4 Å². The second-order valence-corrected chi connectivity index (χ2v) is 11.5. The molecule has 1 saturated carbocycles. The number of nitrogens with zero attached hydrogens (tertiary/aromatic N) is 1. The first-order valence-corrected chi connectivity index (χ1v) is 12.1. The Labute approximate surface area is 178 Å². The minimum atomic E-state index is -3.57. The first-order valence-electron chi connectivity index (χ1n) is 9.37. The molecule has 0 radical (unpaired) electrons. The van der Waals surface area contributed by atoms with Crippen LogP contribution in [0.2, 0.25) is 0 Å². The quantitative estimate of drug-likeness (QED) is 0.649. The SMILES string of the molecule is CC(C)(C)OC(=O)N1C2CC(C2)[C@H](NS(C)(=O)=O)[C@@H]1Cc1cc(F)cc(Br)c1F. The Bertz CT molecular complexity index is 914. The molecule has 162 valence electrons. The lowest BCUT2D eigenvalue weighted by atomic mass is 9.67. The highest BCUT2D eigenvalue weighted by Crippen LogP contribution is 2.45. The summed E-state index contributed by atoms with van der Waals surface area (Å²) in [5, 5.41) is 0. The van der Waals surface area contributed by atoms with Gasteiger partial charge in [0.25, 0.3) is 0 Å². The fourth-order valence-electron chi connectivity index (χ4n) is 4.14. The number of fused-ring (bicyclic) bond motifs is 2. The molecule has 6 nitrogen and oxygen atoms in total. The highest BCUT2D eigenvalue weighted by atomic mass is 79.9. The van der Waals surface area contributed by atoms with E-state index in [-0.39, 0.29) is 28.4 Å². The van der Waals surface area contributed by atoms with Crippen LogP contribution in [0.15, 0.2) is 16.6 Å². The molecule has 4 rings (SSSR count). The van der Waals surface area contributed by atoms with Gasteiger partial charge in [-0.3, -0.25) is 0 Å². The van der Waals surface area contributed by atoms with Crippen LogP contribution in [-0.4, -0.2) is 49.4 Å². The van der Waals surface area contributed by atoms with Crippen LogP contribution in [0.25, 0.3) is 0 Å². The van der Waals surface area contributed by atoms with E-state index in [2.05, 4.69) is 20.7 Å². The molecule has 2 bridgehead atoms. The van der Waals surface area contributed by atoms with E-state index in [4.69, 9.17) is 4.74 Å². The number of nitrogens with one attached hydrogen (secondary N) is 1. The maximum absolute atomic E-state index is 14.6. The van der Waals surface area contributed by atoms with Crippen molar-refractivity contribution in [3.63, 3.8) is 0 Å². The molecule has 0 unspecified atom stereocenters. The van der Waals surface area contributed by atoms with Gasteiger partial charge < -0.3 is 9.64 Å². The predicted molar refractivity (Wildman–Crippen MR) is 108 cm³/mol. The van der Waals surface area contributed by atoms with Gasteiger partial charge in [-0.05, 0) is 79.6 Å². The fraction of sp³-hybridized carbons (Fsp3) is 0.632. The van der Waals surface area contributed by atoms with Crippen LogP contribution in [0.5, 0.6) is 0 Å². The van der Waals surface area contributed by atoms with Gasteiger partial charge in [-0.1, -0.05) is 0 Å². The predicted octanol–water partition coefficient (Wildman–Crippen LogP) is 3.59. The monoisotopic (exact) mass is 494 g/mol. The molecular formula is C19H25BrF2N2O4S. The van der Waals surface area contributed by atoms with E-state index >= 15 is 0 Å². The zero-order valence-corrected chi connectivity index (χ0v) is 19.1. The van der Waals surface area contributed by atoms with Crippen molar-refractivity contribution in [3.8, 4) is 0 Å². The lowest BCUT2D eigenvalue weighted by molar-refractivity contribution is -0.0652. The van der Waals surface area contributed by atoms with Crippen LogP contribution in [-0.2, 0) is 21.2 Å². The summed E-state index contributed by atoms with van der Waals surface area (Å²) in [6, 6.07) is 0.682. The normalized spacial score (nSPS) is 26.8. The van der Waals surface area contributed by atoms with Crippen molar-refractivity contribution < 1.29 is 26.7 Å². The number of piperidine rings is 2. The summed E-state index contributed by atoms with van der Waals surface area (Å²) in [4.78, 5) is 14.4. The summed E-state index contributed by atoms with van der Waals surface area (Å²) in [5.41, 5.74) is -0.674. The van der Waals surface area contributed by atoms with Gasteiger partial charge in [-0.15, -0.1) is 0 Å². The number of hydrogen-bond acceptors (Lipinski definition) is 4. The molecule has 1 aromatic carbocycles. The summed E-state index contributed by atoms with van der Waals surface area (Å²) in [6.45, 7) is 5.22. The van der Waals surface area contributed by atoms with Gasteiger partial charge in [-0.25, -0.2) is 26.7 Å². The maximum atomic E-state index is 14.6. The van der Waals surface area contributed by atoms with Gasteiger partial charge >= 0.3 is 6.09 Å². The molecule has 10 heteroatoms.